The minimum Gasteiger partial charge on any atom is -0.357 e. The Morgan fingerprint density at radius 2 is 2.41 bits per heavy atom. The van der Waals surface area contributed by atoms with Gasteiger partial charge in [-0.2, -0.15) is 11.8 Å². The molecule has 0 amide bonds. The molecule has 120 valence electrons. The molecule has 3 rings (SSSR count). The molecule has 5 nitrogen and oxygen atoms in total. The first-order chi connectivity index (χ1) is 10.8. The zero-order valence-electron chi connectivity index (χ0n) is 13.2. The quantitative estimate of drug-likeness (QED) is 0.688. The van der Waals surface area contributed by atoms with Gasteiger partial charge in [-0.05, 0) is 13.3 Å². The van der Waals surface area contributed by atoms with Crippen molar-refractivity contribution in [3.05, 3.63) is 23.5 Å². The highest BCUT2D eigenvalue weighted by Crippen LogP contribution is 2.21. The van der Waals surface area contributed by atoms with E-state index in [9.17, 15) is 0 Å². The SMILES string of the molecule is CCNC(=NCc1cn2ccsc2n1)N1CCSC(CC)C1. The molecule has 0 aliphatic carbocycles. The highest BCUT2D eigenvalue weighted by atomic mass is 32.2. The molecular formula is C15H23N5S2. The van der Waals surface area contributed by atoms with Crippen molar-refractivity contribution in [2.75, 3.05) is 25.4 Å². The van der Waals surface area contributed by atoms with E-state index in [1.807, 2.05) is 6.20 Å². The molecule has 2 aromatic heterocycles. The zero-order chi connectivity index (χ0) is 15.4. The van der Waals surface area contributed by atoms with Crippen molar-refractivity contribution < 1.29 is 0 Å². The summed E-state index contributed by atoms with van der Waals surface area (Å²) < 4.78 is 2.06. The number of rotatable bonds is 4. The molecule has 1 fully saturated rings. The summed E-state index contributed by atoms with van der Waals surface area (Å²) in [6, 6.07) is 0. The van der Waals surface area contributed by atoms with Crippen LogP contribution in [-0.4, -0.2) is 50.9 Å². The number of hydrogen-bond donors (Lipinski definition) is 1. The number of thiazole rings is 1. The first-order valence-corrected chi connectivity index (χ1v) is 9.79. The van der Waals surface area contributed by atoms with E-state index < -0.39 is 0 Å². The van der Waals surface area contributed by atoms with Crippen LogP contribution in [0.2, 0.25) is 0 Å². The lowest BCUT2D eigenvalue weighted by molar-refractivity contribution is 0.408. The summed E-state index contributed by atoms with van der Waals surface area (Å²) in [5.74, 6) is 2.21. The van der Waals surface area contributed by atoms with Gasteiger partial charge < -0.3 is 10.2 Å². The fourth-order valence-corrected chi connectivity index (χ4v) is 4.49. The van der Waals surface area contributed by atoms with Crippen molar-refractivity contribution in [3.8, 4) is 0 Å². The Labute approximate surface area is 139 Å². The van der Waals surface area contributed by atoms with Crippen molar-refractivity contribution in [1.29, 1.82) is 0 Å². The molecule has 1 unspecified atom stereocenters. The molecular weight excluding hydrogens is 314 g/mol. The molecule has 1 atom stereocenters. The lowest BCUT2D eigenvalue weighted by atomic mass is 10.3. The second-order valence-corrected chi connectivity index (χ2v) is 7.62. The first kappa shape index (κ1) is 15.7. The average Bonchev–Trinajstić information content (AvgIpc) is 3.12. The number of nitrogens with one attached hydrogen (secondary N) is 1. The van der Waals surface area contributed by atoms with E-state index in [0.717, 1.165) is 41.5 Å². The van der Waals surface area contributed by atoms with Gasteiger partial charge in [0.05, 0.1) is 12.2 Å². The molecule has 1 saturated heterocycles. The van der Waals surface area contributed by atoms with E-state index >= 15 is 0 Å². The highest BCUT2D eigenvalue weighted by Gasteiger charge is 2.21. The molecule has 1 aliphatic rings. The van der Waals surface area contributed by atoms with Crippen LogP contribution < -0.4 is 5.32 Å². The fraction of sp³-hybridized carbons (Fsp3) is 0.600. The smallest absolute Gasteiger partial charge is 0.194 e. The third kappa shape index (κ3) is 3.57. The third-order valence-corrected chi connectivity index (χ3v) is 5.91. The number of thioether (sulfide) groups is 1. The summed E-state index contributed by atoms with van der Waals surface area (Å²) in [6.45, 7) is 8.09. The van der Waals surface area contributed by atoms with Gasteiger partial charge in [-0.25, -0.2) is 9.98 Å². The fourth-order valence-electron chi connectivity index (χ4n) is 2.59. The lowest BCUT2D eigenvalue weighted by Crippen LogP contribution is -2.48. The standard InChI is InChI=1S/C15H23N5S2/c1-3-13-11-19(5-7-21-13)14(16-4-2)17-9-12-10-20-6-8-22-15(20)18-12/h6,8,10,13H,3-5,7,9,11H2,1-2H3,(H,16,17). The maximum atomic E-state index is 4.80. The van der Waals surface area contributed by atoms with Gasteiger partial charge in [0.1, 0.15) is 0 Å². The van der Waals surface area contributed by atoms with Crippen molar-refractivity contribution in [3.63, 3.8) is 0 Å². The van der Waals surface area contributed by atoms with E-state index in [0.29, 0.717) is 6.54 Å². The van der Waals surface area contributed by atoms with Crippen LogP contribution in [-0.2, 0) is 6.54 Å². The van der Waals surface area contributed by atoms with Gasteiger partial charge in [-0.15, -0.1) is 11.3 Å². The van der Waals surface area contributed by atoms with E-state index in [2.05, 4.69) is 56.8 Å². The first-order valence-electron chi connectivity index (χ1n) is 7.86. The maximum absolute atomic E-state index is 4.80. The summed E-state index contributed by atoms with van der Waals surface area (Å²) >= 11 is 3.74. The molecule has 0 spiro atoms. The van der Waals surface area contributed by atoms with Crippen LogP contribution in [0.4, 0.5) is 0 Å². The Balaban J connectivity index is 1.70. The second kappa shape index (κ2) is 7.37. The number of guanidine groups is 1. The van der Waals surface area contributed by atoms with E-state index in [-0.39, 0.29) is 0 Å². The number of aromatic nitrogens is 2. The van der Waals surface area contributed by atoms with E-state index in [1.165, 1.54) is 12.2 Å². The van der Waals surface area contributed by atoms with Crippen LogP contribution >= 0.6 is 23.1 Å². The monoisotopic (exact) mass is 337 g/mol. The molecule has 0 bridgehead atoms. The highest BCUT2D eigenvalue weighted by molar-refractivity contribution is 8.00. The van der Waals surface area contributed by atoms with Crippen LogP contribution in [0.1, 0.15) is 26.0 Å². The van der Waals surface area contributed by atoms with Crippen LogP contribution in [0.5, 0.6) is 0 Å². The molecule has 1 aliphatic heterocycles. The van der Waals surface area contributed by atoms with Gasteiger partial charge in [0.25, 0.3) is 0 Å². The van der Waals surface area contributed by atoms with Crippen LogP contribution in [0.25, 0.3) is 4.96 Å². The van der Waals surface area contributed by atoms with Crippen LogP contribution in [0.15, 0.2) is 22.8 Å². The molecule has 22 heavy (non-hydrogen) atoms. The largest absolute Gasteiger partial charge is 0.357 e. The predicted molar refractivity (Wildman–Crippen MR) is 96.0 cm³/mol. The van der Waals surface area contributed by atoms with Crippen LogP contribution in [0.3, 0.4) is 0 Å². The number of hydrogen-bond acceptors (Lipinski definition) is 4. The molecule has 0 aromatic carbocycles. The Bertz CT molecular complexity index is 604. The summed E-state index contributed by atoms with van der Waals surface area (Å²) in [7, 11) is 0. The van der Waals surface area contributed by atoms with Gasteiger partial charge in [0.15, 0.2) is 10.9 Å². The number of nitrogens with zero attached hydrogens (tertiary/aromatic N) is 4. The van der Waals surface area contributed by atoms with Crippen molar-refractivity contribution >= 4 is 34.0 Å². The topological polar surface area (TPSA) is 44.9 Å². The van der Waals surface area contributed by atoms with Gasteiger partial charge in [0.2, 0.25) is 0 Å². The Morgan fingerprint density at radius 1 is 1.50 bits per heavy atom. The van der Waals surface area contributed by atoms with Crippen LogP contribution in [0, 0.1) is 0 Å². The van der Waals surface area contributed by atoms with Crippen molar-refractivity contribution in [2.45, 2.75) is 32.1 Å². The van der Waals surface area contributed by atoms with Gasteiger partial charge >= 0.3 is 0 Å². The molecule has 1 N–H and O–H groups in total. The summed E-state index contributed by atoms with van der Waals surface area (Å²) in [5.41, 5.74) is 1.03. The van der Waals surface area contributed by atoms with E-state index in [4.69, 9.17) is 4.99 Å². The molecule has 0 saturated carbocycles. The van der Waals surface area contributed by atoms with Gasteiger partial charge in [-0.1, -0.05) is 6.92 Å². The second-order valence-electron chi connectivity index (χ2n) is 5.34. The lowest BCUT2D eigenvalue weighted by Gasteiger charge is -2.34. The Hall–Kier alpha value is -1.21. The minimum atomic E-state index is 0.636. The van der Waals surface area contributed by atoms with Gasteiger partial charge in [0, 0.05) is 48.4 Å². The normalized spacial score (nSPS) is 19.8. The van der Waals surface area contributed by atoms with Gasteiger partial charge in [-0.3, -0.25) is 4.40 Å². The zero-order valence-corrected chi connectivity index (χ0v) is 14.8. The van der Waals surface area contributed by atoms with Crippen molar-refractivity contribution in [2.24, 2.45) is 4.99 Å². The number of fused-ring (bicyclic) bond motifs is 1. The van der Waals surface area contributed by atoms with E-state index in [1.54, 1.807) is 11.3 Å². The third-order valence-electron chi connectivity index (χ3n) is 3.76. The Kier molecular flexibility index (Phi) is 5.25. The molecule has 3 heterocycles. The minimum absolute atomic E-state index is 0.636. The summed E-state index contributed by atoms with van der Waals surface area (Å²) in [6.07, 6.45) is 5.33. The maximum Gasteiger partial charge on any atom is 0.194 e. The molecule has 0 radical (unpaired) electrons. The molecule has 7 heteroatoms. The predicted octanol–water partition coefficient (Wildman–Crippen LogP) is 2.69. The summed E-state index contributed by atoms with van der Waals surface area (Å²) in [5, 5.41) is 6.20. The average molecular weight is 338 g/mol. The number of imidazole rings is 1. The Morgan fingerprint density at radius 3 is 3.18 bits per heavy atom. The van der Waals surface area contributed by atoms with Crippen molar-refractivity contribution in [1.82, 2.24) is 19.6 Å². The molecule has 2 aromatic rings. The summed E-state index contributed by atoms with van der Waals surface area (Å²) in [4.78, 5) is 12.8. The number of aliphatic imine (C=N–C) groups is 1.